The van der Waals surface area contributed by atoms with Crippen LogP contribution in [0.2, 0.25) is 0 Å². The Morgan fingerprint density at radius 3 is 2.46 bits per heavy atom. The molecule has 0 saturated carbocycles. The minimum absolute atomic E-state index is 0.172. The van der Waals surface area contributed by atoms with Gasteiger partial charge in [-0.1, -0.05) is 0 Å². The van der Waals surface area contributed by atoms with Crippen molar-refractivity contribution in [3.05, 3.63) is 0 Å². The van der Waals surface area contributed by atoms with E-state index in [1.54, 1.807) is 6.92 Å². The van der Waals surface area contributed by atoms with Gasteiger partial charge in [-0.25, -0.2) is 4.79 Å². The van der Waals surface area contributed by atoms with Gasteiger partial charge in [0.25, 0.3) is 0 Å². The number of aliphatic carboxylic acids is 1. The zero-order chi connectivity index (χ0) is 10.4. The minimum atomic E-state index is -1.10. The van der Waals surface area contributed by atoms with E-state index in [0.717, 1.165) is 0 Å². The van der Waals surface area contributed by atoms with E-state index in [-0.39, 0.29) is 6.54 Å². The largest absolute Gasteiger partial charge is 0.480 e. The molecule has 1 atom stereocenters. The first-order valence-electron chi connectivity index (χ1n) is 3.82. The van der Waals surface area contributed by atoms with Crippen molar-refractivity contribution in [3.63, 3.8) is 0 Å². The third kappa shape index (κ3) is 5.92. The van der Waals surface area contributed by atoms with Crippen molar-refractivity contribution in [1.82, 2.24) is 10.2 Å². The fourth-order valence-electron chi connectivity index (χ4n) is 0.765. The number of aliphatic hydroxyl groups is 1. The van der Waals surface area contributed by atoms with Crippen molar-refractivity contribution >= 4 is 12.0 Å². The average Bonchev–Trinajstić information content (AvgIpc) is 1.98. The van der Waals surface area contributed by atoms with Crippen LogP contribution in [0.1, 0.15) is 6.92 Å². The van der Waals surface area contributed by atoms with E-state index in [9.17, 15) is 9.59 Å². The molecule has 0 aliphatic rings. The Balaban J connectivity index is 3.76. The maximum atomic E-state index is 11.0. The summed E-state index contributed by atoms with van der Waals surface area (Å²) in [7, 11) is 1.48. The molecule has 13 heavy (non-hydrogen) atoms. The third-order valence-electron chi connectivity index (χ3n) is 1.28. The number of urea groups is 1. The minimum Gasteiger partial charge on any atom is -0.480 e. The second-order valence-electron chi connectivity index (χ2n) is 2.78. The molecule has 0 aliphatic carbocycles. The zero-order valence-electron chi connectivity index (χ0n) is 7.65. The molecule has 6 nitrogen and oxygen atoms in total. The number of amides is 2. The molecule has 0 fully saturated rings. The van der Waals surface area contributed by atoms with Crippen molar-refractivity contribution < 1.29 is 19.8 Å². The maximum absolute atomic E-state index is 11.0. The lowest BCUT2D eigenvalue weighted by molar-refractivity contribution is -0.135. The Labute approximate surface area is 76.2 Å². The molecule has 0 aromatic rings. The van der Waals surface area contributed by atoms with E-state index >= 15 is 0 Å². The van der Waals surface area contributed by atoms with Gasteiger partial charge in [-0.05, 0) is 6.92 Å². The Morgan fingerprint density at radius 2 is 2.08 bits per heavy atom. The Hall–Kier alpha value is -1.30. The summed E-state index contributed by atoms with van der Waals surface area (Å²) < 4.78 is 0. The van der Waals surface area contributed by atoms with E-state index in [1.165, 1.54) is 11.9 Å². The first-order chi connectivity index (χ1) is 5.93. The fourth-order valence-corrected chi connectivity index (χ4v) is 0.765. The number of nitrogens with one attached hydrogen (secondary N) is 1. The van der Waals surface area contributed by atoms with Gasteiger partial charge < -0.3 is 20.4 Å². The van der Waals surface area contributed by atoms with E-state index in [1.807, 2.05) is 0 Å². The van der Waals surface area contributed by atoms with Crippen molar-refractivity contribution in [3.8, 4) is 0 Å². The molecular weight excluding hydrogens is 176 g/mol. The summed E-state index contributed by atoms with van der Waals surface area (Å²) in [6, 6.07) is -0.511. The molecule has 0 bridgehead atoms. The van der Waals surface area contributed by atoms with Crippen molar-refractivity contribution in [2.45, 2.75) is 13.0 Å². The first kappa shape index (κ1) is 11.7. The number of carboxylic acids is 1. The molecule has 6 heteroatoms. The number of carbonyl (C=O) groups is 2. The molecule has 0 aromatic carbocycles. The molecule has 2 amide bonds. The van der Waals surface area contributed by atoms with E-state index in [4.69, 9.17) is 10.2 Å². The number of carbonyl (C=O) groups excluding carboxylic acids is 1. The Bertz CT molecular complexity index is 193. The van der Waals surface area contributed by atoms with Gasteiger partial charge >= 0.3 is 12.0 Å². The molecule has 0 spiro atoms. The summed E-state index contributed by atoms with van der Waals surface area (Å²) in [6.07, 6.45) is -0.624. The summed E-state index contributed by atoms with van der Waals surface area (Å²) in [5, 5.41) is 19.3. The number of hydrogen-bond donors (Lipinski definition) is 3. The van der Waals surface area contributed by atoms with Crippen molar-refractivity contribution in [2.24, 2.45) is 0 Å². The van der Waals surface area contributed by atoms with Crippen LogP contribution in [-0.2, 0) is 4.79 Å². The highest BCUT2D eigenvalue weighted by Crippen LogP contribution is 1.88. The summed E-state index contributed by atoms with van der Waals surface area (Å²) >= 11 is 0. The van der Waals surface area contributed by atoms with Crippen LogP contribution in [0, 0.1) is 0 Å². The molecule has 0 heterocycles. The number of hydrogen-bond acceptors (Lipinski definition) is 3. The Morgan fingerprint density at radius 1 is 1.54 bits per heavy atom. The predicted molar refractivity (Wildman–Crippen MR) is 45.3 cm³/mol. The molecule has 3 N–H and O–H groups in total. The normalized spacial score (nSPS) is 11.9. The van der Waals surface area contributed by atoms with Crippen LogP contribution in [0.4, 0.5) is 4.79 Å². The lowest BCUT2D eigenvalue weighted by atomic mass is 10.4. The molecule has 0 aliphatic heterocycles. The van der Waals surface area contributed by atoms with E-state index < -0.39 is 24.6 Å². The SMILES string of the molecule is CC(O)CN(C)C(=O)NCC(=O)O. The van der Waals surface area contributed by atoms with Gasteiger partial charge in [0.05, 0.1) is 6.10 Å². The monoisotopic (exact) mass is 190 g/mol. The number of carboxylic acid groups (broad SMARTS) is 1. The second-order valence-corrected chi connectivity index (χ2v) is 2.78. The molecule has 0 saturated heterocycles. The number of likely N-dealkylation sites (N-methyl/N-ethyl adjacent to an activating group) is 1. The maximum Gasteiger partial charge on any atom is 0.323 e. The zero-order valence-corrected chi connectivity index (χ0v) is 7.65. The highest BCUT2D eigenvalue weighted by atomic mass is 16.4. The van der Waals surface area contributed by atoms with Gasteiger partial charge in [0.2, 0.25) is 0 Å². The first-order valence-corrected chi connectivity index (χ1v) is 3.82. The van der Waals surface area contributed by atoms with Gasteiger partial charge in [0, 0.05) is 13.6 Å². The van der Waals surface area contributed by atoms with Crippen LogP contribution in [0.25, 0.3) is 0 Å². The van der Waals surface area contributed by atoms with Crippen LogP contribution >= 0.6 is 0 Å². The van der Waals surface area contributed by atoms with E-state index in [2.05, 4.69) is 5.32 Å². The Kier molecular flexibility index (Phi) is 4.83. The fraction of sp³-hybridized carbons (Fsp3) is 0.714. The highest BCUT2D eigenvalue weighted by Gasteiger charge is 2.10. The molecule has 0 rings (SSSR count). The van der Waals surface area contributed by atoms with Crippen LogP contribution < -0.4 is 5.32 Å². The third-order valence-corrected chi connectivity index (χ3v) is 1.28. The molecular formula is C7H14N2O4. The van der Waals surface area contributed by atoms with Crippen LogP contribution in [-0.4, -0.2) is 53.4 Å². The van der Waals surface area contributed by atoms with Crippen molar-refractivity contribution in [1.29, 1.82) is 0 Å². The summed E-state index contributed by atoms with van der Waals surface area (Å²) in [4.78, 5) is 22.3. The van der Waals surface area contributed by atoms with Gasteiger partial charge in [0.15, 0.2) is 0 Å². The summed E-state index contributed by atoms with van der Waals surface area (Å²) in [5.41, 5.74) is 0. The van der Waals surface area contributed by atoms with E-state index in [0.29, 0.717) is 0 Å². The smallest absolute Gasteiger partial charge is 0.323 e. The quantitative estimate of drug-likeness (QED) is 0.535. The average molecular weight is 190 g/mol. The standard InChI is InChI=1S/C7H14N2O4/c1-5(10)4-9(2)7(13)8-3-6(11)12/h5,10H,3-4H2,1-2H3,(H,8,13)(H,11,12). The summed E-state index contributed by atoms with van der Waals surface area (Å²) in [6.45, 7) is 1.30. The highest BCUT2D eigenvalue weighted by molar-refractivity contribution is 5.79. The van der Waals surface area contributed by atoms with Crippen molar-refractivity contribution in [2.75, 3.05) is 20.1 Å². The van der Waals surface area contributed by atoms with Gasteiger partial charge in [-0.2, -0.15) is 0 Å². The number of aliphatic hydroxyl groups excluding tert-OH is 1. The van der Waals surface area contributed by atoms with Crippen LogP contribution in [0.5, 0.6) is 0 Å². The van der Waals surface area contributed by atoms with Gasteiger partial charge in [0.1, 0.15) is 6.54 Å². The lowest BCUT2D eigenvalue weighted by Crippen LogP contribution is -2.42. The van der Waals surface area contributed by atoms with Crippen LogP contribution in [0.15, 0.2) is 0 Å². The molecule has 0 aromatic heterocycles. The predicted octanol–water partition coefficient (Wildman–Crippen LogP) is -0.907. The lowest BCUT2D eigenvalue weighted by Gasteiger charge is -2.18. The molecule has 0 radical (unpaired) electrons. The van der Waals surface area contributed by atoms with Gasteiger partial charge in [-0.15, -0.1) is 0 Å². The van der Waals surface area contributed by atoms with Gasteiger partial charge in [-0.3, -0.25) is 4.79 Å². The topological polar surface area (TPSA) is 89.9 Å². The molecule has 76 valence electrons. The number of nitrogens with zero attached hydrogens (tertiary/aromatic N) is 1. The number of rotatable bonds is 4. The molecule has 1 unspecified atom stereocenters. The van der Waals surface area contributed by atoms with Crippen LogP contribution in [0.3, 0.4) is 0 Å². The second kappa shape index (κ2) is 5.36. The summed E-state index contributed by atoms with van der Waals surface area (Å²) in [5.74, 6) is -1.10.